The monoisotopic (exact) mass is 450 g/mol. The number of nitrogens with zero attached hydrogens (tertiary/aromatic N) is 1. The van der Waals surface area contributed by atoms with Gasteiger partial charge < -0.3 is 10.2 Å². The van der Waals surface area contributed by atoms with Crippen molar-refractivity contribution in [1.82, 2.24) is 10.2 Å². The highest BCUT2D eigenvalue weighted by Gasteiger charge is 2.29. The minimum absolute atomic E-state index is 0.0270. The Morgan fingerprint density at radius 2 is 1.70 bits per heavy atom. The smallest absolute Gasteiger partial charge is 0.242 e. The lowest BCUT2D eigenvalue weighted by atomic mass is 10.1. The number of benzene rings is 2. The van der Waals surface area contributed by atoms with Crippen LogP contribution in [0, 0.1) is 5.82 Å². The molecular weight excluding hydrogens is 426 g/mol. The van der Waals surface area contributed by atoms with E-state index in [9.17, 15) is 14.0 Å². The Labute approximate surface area is 186 Å². The standard InChI is InChI=1S/C23H25Cl2FN2O2/c1-15(23(30)27-18-5-2-3-6-18)28(14-16-9-11-17(26)12-10-16)22(29)13-19-20(24)7-4-8-21(19)25/h4,7-12,15,18H,2-3,5-6,13-14H2,1H3,(H,27,30)/t15-/m0/s1. The SMILES string of the molecule is C[C@@H](C(=O)NC1CCCC1)N(Cc1ccc(F)cc1)C(=O)Cc1c(Cl)cccc1Cl. The molecular formula is C23H25Cl2FN2O2. The highest BCUT2D eigenvalue weighted by molar-refractivity contribution is 6.36. The molecule has 3 rings (SSSR count). The molecule has 2 aromatic rings. The quantitative estimate of drug-likeness (QED) is 0.633. The van der Waals surface area contributed by atoms with Gasteiger partial charge in [-0.3, -0.25) is 9.59 Å². The lowest BCUT2D eigenvalue weighted by Gasteiger charge is -2.30. The van der Waals surface area contributed by atoms with Crippen LogP contribution < -0.4 is 5.32 Å². The molecule has 1 saturated carbocycles. The fourth-order valence-electron chi connectivity index (χ4n) is 3.72. The summed E-state index contributed by atoms with van der Waals surface area (Å²) in [5.41, 5.74) is 1.26. The van der Waals surface area contributed by atoms with Crippen molar-refractivity contribution >= 4 is 35.0 Å². The van der Waals surface area contributed by atoms with Crippen LogP contribution in [0.1, 0.15) is 43.7 Å². The van der Waals surface area contributed by atoms with E-state index in [0.717, 1.165) is 31.2 Å². The number of nitrogens with one attached hydrogen (secondary N) is 1. The fraction of sp³-hybridized carbons (Fsp3) is 0.391. The molecule has 0 unspecified atom stereocenters. The minimum Gasteiger partial charge on any atom is -0.352 e. The van der Waals surface area contributed by atoms with Gasteiger partial charge in [-0.15, -0.1) is 0 Å². The average molecular weight is 451 g/mol. The van der Waals surface area contributed by atoms with E-state index in [2.05, 4.69) is 5.32 Å². The highest BCUT2D eigenvalue weighted by Crippen LogP contribution is 2.26. The number of carbonyl (C=O) groups is 2. The molecule has 4 nitrogen and oxygen atoms in total. The third kappa shape index (κ3) is 5.73. The third-order valence-electron chi connectivity index (χ3n) is 5.52. The number of hydrogen-bond donors (Lipinski definition) is 1. The Morgan fingerprint density at radius 1 is 1.10 bits per heavy atom. The third-order valence-corrected chi connectivity index (χ3v) is 6.23. The van der Waals surface area contributed by atoms with Crippen molar-refractivity contribution in [2.24, 2.45) is 0 Å². The van der Waals surface area contributed by atoms with Crippen molar-refractivity contribution in [3.05, 3.63) is 69.5 Å². The van der Waals surface area contributed by atoms with E-state index >= 15 is 0 Å². The van der Waals surface area contributed by atoms with E-state index < -0.39 is 6.04 Å². The molecule has 0 aromatic heterocycles. The van der Waals surface area contributed by atoms with Crippen LogP contribution >= 0.6 is 23.2 Å². The molecule has 1 N–H and O–H groups in total. The van der Waals surface area contributed by atoms with Crippen LogP contribution in [0.4, 0.5) is 4.39 Å². The Morgan fingerprint density at radius 3 is 2.30 bits per heavy atom. The molecule has 1 fully saturated rings. The van der Waals surface area contributed by atoms with Crippen LogP contribution in [-0.4, -0.2) is 28.8 Å². The summed E-state index contributed by atoms with van der Waals surface area (Å²) in [4.78, 5) is 27.6. The summed E-state index contributed by atoms with van der Waals surface area (Å²) < 4.78 is 13.3. The molecule has 0 aliphatic heterocycles. The molecule has 1 atom stereocenters. The first kappa shape index (κ1) is 22.6. The van der Waals surface area contributed by atoms with Gasteiger partial charge in [-0.25, -0.2) is 4.39 Å². The number of hydrogen-bond acceptors (Lipinski definition) is 2. The van der Waals surface area contributed by atoms with Gasteiger partial charge in [-0.1, -0.05) is 54.2 Å². The number of halogens is 3. The minimum atomic E-state index is -0.690. The lowest BCUT2D eigenvalue weighted by molar-refractivity contribution is -0.140. The van der Waals surface area contributed by atoms with Crippen LogP contribution in [-0.2, 0) is 22.6 Å². The van der Waals surface area contributed by atoms with Gasteiger partial charge in [-0.05, 0) is 55.2 Å². The first-order valence-electron chi connectivity index (χ1n) is 10.1. The number of amides is 2. The van der Waals surface area contributed by atoms with Gasteiger partial charge >= 0.3 is 0 Å². The van der Waals surface area contributed by atoms with E-state index in [4.69, 9.17) is 23.2 Å². The Kier molecular flexibility index (Phi) is 7.73. The maximum atomic E-state index is 13.3. The predicted octanol–water partition coefficient (Wildman–Crippen LogP) is 5.15. The Balaban J connectivity index is 1.80. The summed E-state index contributed by atoms with van der Waals surface area (Å²) in [6.45, 7) is 1.89. The first-order valence-corrected chi connectivity index (χ1v) is 10.9. The summed E-state index contributed by atoms with van der Waals surface area (Å²) >= 11 is 12.5. The second-order valence-corrected chi connectivity index (χ2v) is 8.51. The summed E-state index contributed by atoms with van der Waals surface area (Å²) in [5.74, 6) is -0.822. The molecule has 30 heavy (non-hydrogen) atoms. The summed E-state index contributed by atoms with van der Waals surface area (Å²) in [6, 6.07) is 10.4. The molecule has 0 saturated heterocycles. The molecule has 7 heteroatoms. The van der Waals surface area contributed by atoms with Gasteiger partial charge in [0, 0.05) is 22.6 Å². The second kappa shape index (κ2) is 10.3. The van der Waals surface area contributed by atoms with E-state index in [0.29, 0.717) is 15.6 Å². The van der Waals surface area contributed by atoms with E-state index in [1.165, 1.54) is 17.0 Å². The van der Waals surface area contributed by atoms with Gasteiger partial charge in [0.1, 0.15) is 11.9 Å². The summed E-state index contributed by atoms with van der Waals surface area (Å²) in [6.07, 6.45) is 4.09. The average Bonchev–Trinajstić information content (AvgIpc) is 3.22. The molecule has 0 radical (unpaired) electrons. The molecule has 1 aliphatic carbocycles. The zero-order chi connectivity index (χ0) is 21.7. The Bertz CT molecular complexity index is 878. The highest BCUT2D eigenvalue weighted by atomic mass is 35.5. The van der Waals surface area contributed by atoms with Gasteiger partial charge in [0.2, 0.25) is 11.8 Å². The molecule has 1 aliphatic rings. The maximum Gasteiger partial charge on any atom is 0.242 e. The fourth-order valence-corrected chi connectivity index (χ4v) is 4.25. The maximum absolute atomic E-state index is 13.3. The van der Waals surface area contributed by atoms with Crippen LogP contribution in [0.25, 0.3) is 0 Å². The molecule has 2 aromatic carbocycles. The lowest BCUT2D eigenvalue weighted by Crippen LogP contribution is -2.50. The van der Waals surface area contributed by atoms with E-state index in [-0.39, 0.29) is 36.6 Å². The van der Waals surface area contributed by atoms with Gasteiger partial charge in [0.25, 0.3) is 0 Å². The van der Waals surface area contributed by atoms with Crippen LogP contribution in [0.5, 0.6) is 0 Å². The number of carbonyl (C=O) groups excluding carboxylic acids is 2. The molecule has 0 bridgehead atoms. The first-order chi connectivity index (χ1) is 14.3. The van der Waals surface area contributed by atoms with Gasteiger partial charge in [-0.2, -0.15) is 0 Å². The largest absolute Gasteiger partial charge is 0.352 e. The van der Waals surface area contributed by atoms with Crippen molar-refractivity contribution < 1.29 is 14.0 Å². The predicted molar refractivity (Wildman–Crippen MR) is 117 cm³/mol. The second-order valence-electron chi connectivity index (χ2n) is 7.69. The zero-order valence-electron chi connectivity index (χ0n) is 16.8. The molecule has 160 valence electrons. The van der Waals surface area contributed by atoms with Crippen molar-refractivity contribution in [2.45, 2.75) is 57.7 Å². The van der Waals surface area contributed by atoms with E-state index in [1.807, 2.05) is 0 Å². The molecule has 2 amide bonds. The van der Waals surface area contributed by atoms with Gasteiger partial charge in [0.05, 0.1) is 6.42 Å². The normalized spacial score (nSPS) is 15.1. The number of rotatable bonds is 7. The zero-order valence-corrected chi connectivity index (χ0v) is 18.3. The van der Waals surface area contributed by atoms with Crippen LogP contribution in [0.3, 0.4) is 0 Å². The van der Waals surface area contributed by atoms with Crippen LogP contribution in [0.15, 0.2) is 42.5 Å². The van der Waals surface area contributed by atoms with E-state index in [1.54, 1.807) is 37.3 Å². The van der Waals surface area contributed by atoms with Crippen molar-refractivity contribution in [2.75, 3.05) is 0 Å². The summed E-state index contributed by atoms with van der Waals surface area (Å²) in [5, 5.41) is 3.86. The molecule has 0 spiro atoms. The topological polar surface area (TPSA) is 49.4 Å². The Hall–Kier alpha value is -2.11. The van der Waals surface area contributed by atoms with Crippen LogP contribution in [0.2, 0.25) is 10.0 Å². The van der Waals surface area contributed by atoms with Crippen molar-refractivity contribution in [3.63, 3.8) is 0 Å². The van der Waals surface area contributed by atoms with Crippen molar-refractivity contribution in [3.8, 4) is 0 Å². The van der Waals surface area contributed by atoms with Crippen molar-refractivity contribution in [1.29, 1.82) is 0 Å². The molecule has 0 heterocycles. The van der Waals surface area contributed by atoms with Gasteiger partial charge in [0.15, 0.2) is 0 Å². The summed E-state index contributed by atoms with van der Waals surface area (Å²) in [7, 11) is 0.